The summed E-state index contributed by atoms with van der Waals surface area (Å²) in [4.78, 5) is 22.3. The van der Waals surface area contributed by atoms with Gasteiger partial charge in [-0.05, 0) is 23.8 Å². The van der Waals surface area contributed by atoms with Crippen molar-refractivity contribution in [2.75, 3.05) is 19.7 Å². The largest absolute Gasteiger partial charge is 0.374 e. The maximum atomic E-state index is 13.4. The number of aromatic amines is 1. The minimum atomic E-state index is -0.261. The Balaban J connectivity index is 1.51. The van der Waals surface area contributed by atoms with Crippen LogP contribution in [0.25, 0.3) is 11.4 Å². The molecule has 1 N–H and O–H groups in total. The molecule has 138 valence electrons. The third-order valence-corrected chi connectivity index (χ3v) is 4.69. The Morgan fingerprint density at radius 3 is 2.96 bits per heavy atom. The van der Waals surface area contributed by atoms with Gasteiger partial charge in [0.1, 0.15) is 11.6 Å². The van der Waals surface area contributed by atoms with Crippen molar-refractivity contribution in [2.24, 2.45) is 0 Å². The quantitative estimate of drug-likeness (QED) is 0.772. The highest BCUT2D eigenvalue weighted by Gasteiger charge is 2.27. The maximum absolute atomic E-state index is 13.4. The van der Waals surface area contributed by atoms with Gasteiger partial charge in [0.2, 0.25) is 0 Å². The standard InChI is InChI=1S/C21H20FN3O2/c22-16-5-3-4-15(12-16)13-17-14-25(10-11-27-17)21(26)19-7-2-1-6-18(19)20-23-8-9-24-20/h1-9,12,17H,10-11,13-14H2,(H,23,24)/t17-/m0/s1. The van der Waals surface area contributed by atoms with E-state index in [4.69, 9.17) is 4.74 Å². The van der Waals surface area contributed by atoms with Gasteiger partial charge in [-0.2, -0.15) is 0 Å². The van der Waals surface area contributed by atoms with Crippen molar-refractivity contribution in [3.63, 3.8) is 0 Å². The maximum Gasteiger partial charge on any atom is 0.254 e. The zero-order valence-electron chi connectivity index (χ0n) is 14.8. The first kappa shape index (κ1) is 17.4. The minimum absolute atomic E-state index is 0.0467. The van der Waals surface area contributed by atoms with Gasteiger partial charge in [0.25, 0.3) is 5.91 Å². The Morgan fingerprint density at radius 2 is 2.15 bits per heavy atom. The molecule has 0 bridgehead atoms. The summed E-state index contributed by atoms with van der Waals surface area (Å²) in [5, 5.41) is 0. The first-order chi connectivity index (χ1) is 13.2. The normalized spacial score (nSPS) is 17.1. The third-order valence-electron chi connectivity index (χ3n) is 4.69. The van der Waals surface area contributed by atoms with Crippen LogP contribution < -0.4 is 0 Å². The number of aromatic nitrogens is 2. The number of amides is 1. The molecule has 2 heterocycles. The van der Waals surface area contributed by atoms with E-state index >= 15 is 0 Å². The second kappa shape index (κ2) is 7.72. The number of rotatable bonds is 4. The van der Waals surface area contributed by atoms with Crippen LogP contribution in [0.15, 0.2) is 60.9 Å². The molecule has 4 rings (SSSR count). The van der Waals surface area contributed by atoms with Gasteiger partial charge in [-0.15, -0.1) is 0 Å². The fourth-order valence-corrected chi connectivity index (χ4v) is 3.41. The molecule has 0 spiro atoms. The lowest BCUT2D eigenvalue weighted by molar-refractivity contribution is -0.0208. The molecule has 3 aromatic rings. The van der Waals surface area contributed by atoms with E-state index in [0.29, 0.717) is 37.5 Å². The molecule has 0 aliphatic carbocycles. The topological polar surface area (TPSA) is 58.2 Å². The number of benzene rings is 2. The zero-order valence-corrected chi connectivity index (χ0v) is 14.8. The summed E-state index contributed by atoms with van der Waals surface area (Å²) < 4.78 is 19.2. The van der Waals surface area contributed by atoms with E-state index in [0.717, 1.165) is 11.1 Å². The number of hydrogen-bond donors (Lipinski definition) is 1. The summed E-state index contributed by atoms with van der Waals surface area (Å²) in [5.41, 5.74) is 2.25. The van der Waals surface area contributed by atoms with Crippen LogP contribution in [0.3, 0.4) is 0 Å². The second-order valence-electron chi connectivity index (χ2n) is 6.56. The molecule has 2 aromatic carbocycles. The summed E-state index contributed by atoms with van der Waals surface area (Å²) in [6, 6.07) is 13.9. The SMILES string of the molecule is O=C(c1ccccc1-c1ncc[nH]1)N1CCO[C@@H](Cc2cccc(F)c2)C1. The zero-order chi connectivity index (χ0) is 18.6. The molecule has 5 nitrogen and oxygen atoms in total. The summed E-state index contributed by atoms with van der Waals surface area (Å²) >= 11 is 0. The lowest BCUT2D eigenvalue weighted by atomic mass is 10.0. The van der Waals surface area contributed by atoms with Crippen molar-refractivity contribution in [1.82, 2.24) is 14.9 Å². The number of morpholine rings is 1. The highest BCUT2D eigenvalue weighted by molar-refractivity contribution is 6.00. The van der Waals surface area contributed by atoms with Gasteiger partial charge < -0.3 is 14.6 Å². The van der Waals surface area contributed by atoms with Crippen LogP contribution in [-0.2, 0) is 11.2 Å². The number of H-pyrrole nitrogens is 1. The third kappa shape index (κ3) is 3.90. The molecule has 1 atom stereocenters. The monoisotopic (exact) mass is 365 g/mol. The van der Waals surface area contributed by atoms with Crippen molar-refractivity contribution in [2.45, 2.75) is 12.5 Å². The molecule has 0 radical (unpaired) electrons. The number of ether oxygens (including phenoxy) is 1. The molecule has 0 unspecified atom stereocenters. The van der Waals surface area contributed by atoms with Crippen LogP contribution in [0.5, 0.6) is 0 Å². The van der Waals surface area contributed by atoms with Crippen molar-refractivity contribution < 1.29 is 13.9 Å². The average Bonchev–Trinajstić information content (AvgIpc) is 3.22. The van der Waals surface area contributed by atoms with E-state index in [1.165, 1.54) is 12.1 Å². The number of carbonyl (C=O) groups excluding carboxylic acids is 1. The van der Waals surface area contributed by atoms with Gasteiger partial charge >= 0.3 is 0 Å². The van der Waals surface area contributed by atoms with Crippen LogP contribution >= 0.6 is 0 Å². The summed E-state index contributed by atoms with van der Waals surface area (Å²) in [6.45, 7) is 1.47. The van der Waals surface area contributed by atoms with Crippen molar-refractivity contribution in [3.8, 4) is 11.4 Å². The lowest BCUT2D eigenvalue weighted by Gasteiger charge is -2.33. The fraction of sp³-hybridized carbons (Fsp3) is 0.238. The van der Waals surface area contributed by atoms with Gasteiger partial charge in [0.15, 0.2) is 0 Å². The van der Waals surface area contributed by atoms with Crippen molar-refractivity contribution in [3.05, 3.63) is 77.9 Å². The van der Waals surface area contributed by atoms with E-state index < -0.39 is 0 Å². The molecule has 1 saturated heterocycles. The van der Waals surface area contributed by atoms with E-state index in [-0.39, 0.29) is 17.8 Å². The Hall–Kier alpha value is -2.99. The lowest BCUT2D eigenvalue weighted by Crippen LogP contribution is -2.46. The molecule has 1 aromatic heterocycles. The molecule has 6 heteroatoms. The first-order valence-electron chi connectivity index (χ1n) is 8.95. The van der Waals surface area contributed by atoms with Crippen molar-refractivity contribution >= 4 is 5.91 Å². The minimum Gasteiger partial charge on any atom is -0.374 e. The average molecular weight is 365 g/mol. The van der Waals surface area contributed by atoms with Crippen LogP contribution in [0.4, 0.5) is 4.39 Å². The smallest absolute Gasteiger partial charge is 0.254 e. The van der Waals surface area contributed by atoms with Gasteiger partial charge in [-0.1, -0.05) is 30.3 Å². The van der Waals surface area contributed by atoms with E-state index in [9.17, 15) is 9.18 Å². The fourth-order valence-electron chi connectivity index (χ4n) is 3.41. The molecule has 1 aliphatic rings. The van der Waals surface area contributed by atoms with Gasteiger partial charge in [0.05, 0.1) is 18.3 Å². The Labute approximate surface area is 156 Å². The second-order valence-corrected chi connectivity index (χ2v) is 6.56. The Bertz CT molecular complexity index is 927. The summed E-state index contributed by atoms with van der Waals surface area (Å²) in [5.74, 6) is 0.363. The first-order valence-corrected chi connectivity index (χ1v) is 8.95. The summed E-state index contributed by atoms with van der Waals surface area (Å²) in [6.07, 6.45) is 3.82. The number of carbonyl (C=O) groups is 1. The number of imidazole rings is 1. The molecule has 1 amide bonds. The Kier molecular flexibility index (Phi) is 4.98. The molecule has 0 saturated carbocycles. The molecule has 27 heavy (non-hydrogen) atoms. The molecular weight excluding hydrogens is 345 g/mol. The van der Waals surface area contributed by atoms with Gasteiger partial charge in [0, 0.05) is 37.5 Å². The van der Waals surface area contributed by atoms with Crippen LogP contribution in [-0.4, -0.2) is 46.6 Å². The van der Waals surface area contributed by atoms with Crippen LogP contribution in [0.2, 0.25) is 0 Å². The molecule has 1 aliphatic heterocycles. The highest BCUT2D eigenvalue weighted by Crippen LogP contribution is 2.23. The summed E-state index contributed by atoms with van der Waals surface area (Å²) in [7, 11) is 0. The Morgan fingerprint density at radius 1 is 1.26 bits per heavy atom. The predicted molar refractivity (Wildman–Crippen MR) is 99.8 cm³/mol. The molecule has 1 fully saturated rings. The van der Waals surface area contributed by atoms with E-state index in [1.807, 2.05) is 30.3 Å². The van der Waals surface area contributed by atoms with Crippen molar-refractivity contribution in [1.29, 1.82) is 0 Å². The van der Waals surface area contributed by atoms with Crippen LogP contribution in [0.1, 0.15) is 15.9 Å². The predicted octanol–water partition coefficient (Wildman–Crippen LogP) is 3.30. The molecular formula is C21H20FN3O2. The van der Waals surface area contributed by atoms with Crippen LogP contribution in [0, 0.1) is 5.82 Å². The number of nitrogens with one attached hydrogen (secondary N) is 1. The van der Waals surface area contributed by atoms with Gasteiger partial charge in [-0.3, -0.25) is 4.79 Å². The number of hydrogen-bond acceptors (Lipinski definition) is 3. The number of nitrogens with zero attached hydrogens (tertiary/aromatic N) is 2. The number of halogens is 1. The van der Waals surface area contributed by atoms with Gasteiger partial charge in [-0.25, -0.2) is 9.37 Å². The van der Waals surface area contributed by atoms with E-state index in [1.54, 1.807) is 23.4 Å². The van der Waals surface area contributed by atoms with E-state index in [2.05, 4.69) is 9.97 Å². The highest BCUT2D eigenvalue weighted by atomic mass is 19.1.